The maximum Gasteiger partial charge on any atom is 0.257 e. The third-order valence-electron chi connectivity index (χ3n) is 3.93. The van der Waals surface area contributed by atoms with Gasteiger partial charge in [-0.15, -0.1) is 11.3 Å². The van der Waals surface area contributed by atoms with Crippen molar-refractivity contribution in [1.29, 1.82) is 5.26 Å². The smallest absolute Gasteiger partial charge is 0.257 e. The molecule has 22 heavy (non-hydrogen) atoms. The first-order chi connectivity index (χ1) is 10.8. The molecule has 0 bridgehead atoms. The van der Waals surface area contributed by atoms with Crippen LogP contribution in [0, 0.1) is 11.3 Å². The maximum absolute atomic E-state index is 12.3. The minimum absolute atomic E-state index is 0.209. The number of anilines is 1. The van der Waals surface area contributed by atoms with E-state index in [9.17, 15) is 10.1 Å². The van der Waals surface area contributed by atoms with Crippen molar-refractivity contribution in [3.05, 3.63) is 46.1 Å². The highest BCUT2D eigenvalue weighted by Crippen LogP contribution is 2.36. The fraction of sp³-hybridized carbons (Fsp3) is 0.353. The monoisotopic (exact) mass is 311 g/mol. The molecule has 0 saturated carbocycles. The van der Waals surface area contributed by atoms with Crippen LogP contribution in [-0.4, -0.2) is 10.9 Å². The SMILES string of the molecule is N#Cc1c(NC(=O)c2cccnc2)sc2c1CCCCCC2. The van der Waals surface area contributed by atoms with Crippen LogP contribution < -0.4 is 5.32 Å². The lowest BCUT2D eigenvalue weighted by atomic mass is 9.97. The molecule has 0 saturated heterocycles. The molecule has 0 atom stereocenters. The van der Waals surface area contributed by atoms with Crippen LogP contribution in [0.25, 0.3) is 0 Å². The van der Waals surface area contributed by atoms with E-state index in [-0.39, 0.29) is 5.91 Å². The quantitative estimate of drug-likeness (QED) is 0.914. The number of nitrogens with zero attached hydrogens (tertiary/aromatic N) is 2. The zero-order valence-corrected chi connectivity index (χ0v) is 13.1. The summed E-state index contributed by atoms with van der Waals surface area (Å²) >= 11 is 1.56. The Balaban J connectivity index is 1.89. The van der Waals surface area contributed by atoms with Crippen LogP contribution in [0.5, 0.6) is 0 Å². The van der Waals surface area contributed by atoms with E-state index in [0.29, 0.717) is 16.1 Å². The highest BCUT2D eigenvalue weighted by Gasteiger charge is 2.20. The van der Waals surface area contributed by atoms with E-state index < -0.39 is 0 Å². The van der Waals surface area contributed by atoms with Gasteiger partial charge in [0.2, 0.25) is 0 Å². The number of pyridine rings is 1. The third-order valence-corrected chi connectivity index (χ3v) is 5.14. The van der Waals surface area contributed by atoms with E-state index >= 15 is 0 Å². The Labute approximate surface area is 133 Å². The van der Waals surface area contributed by atoms with Gasteiger partial charge in [-0.25, -0.2) is 0 Å². The molecule has 3 rings (SSSR count). The number of rotatable bonds is 2. The van der Waals surface area contributed by atoms with E-state index in [1.165, 1.54) is 23.9 Å². The van der Waals surface area contributed by atoms with Gasteiger partial charge in [0.1, 0.15) is 11.1 Å². The fourth-order valence-corrected chi connectivity index (χ4v) is 4.03. The number of amides is 1. The van der Waals surface area contributed by atoms with Crippen LogP contribution in [0.2, 0.25) is 0 Å². The highest BCUT2D eigenvalue weighted by atomic mass is 32.1. The summed E-state index contributed by atoms with van der Waals surface area (Å²) in [5.41, 5.74) is 2.31. The Morgan fingerprint density at radius 1 is 1.27 bits per heavy atom. The molecule has 5 heteroatoms. The van der Waals surface area contributed by atoms with Gasteiger partial charge in [0.05, 0.1) is 11.1 Å². The van der Waals surface area contributed by atoms with Gasteiger partial charge < -0.3 is 5.32 Å². The lowest BCUT2D eigenvalue weighted by Gasteiger charge is -2.08. The summed E-state index contributed by atoms with van der Waals surface area (Å²) in [5, 5.41) is 13.1. The molecule has 1 aliphatic carbocycles. The highest BCUT2D eigenvalue weighted by molar-refractivity contribution is 7.16. The third kappa shape index (κ3) is 3.02. The first-order valence-corrected chi connectivity index (χ1v) is 8.37. The number of nitrogens with one attached hydrogen (secondary N) is 1. The van der Waals surface area contributed by atoms with Crippen LogP contribution in [0.1, 0.15) is 52.0 Å². The number of thiophene rings is 1. The molecule has 0 aliphatic heterocycles. The lowest BCUT2D eigenvalue weighted by molar-refractivity contribution is 0.102. The molecule has 0 spiro atoms. The summed E-state index contributed by atoms with van der Waals surface area (Å²) < 4.78 is 0. The van der Waals surface area contributed by atoms with Crippen molar-refractivity contribution in [2.75, 3.05) is 5.32 Å². The normalized spacial score (nSPS) is 14.3. The average molecular weight is 311 g/mol. The second kappa shape index (κ2) is 6.71. The molecule has 0 aromatic carbocycles. The average Bonchev–Trinajstić information content (AvgIpc) is 2.84. The van der Waals surface area contributed by atoms with Crippen molar-refractivity contribution in [1.82, 2.24) is 4.98 Å². The molecule has 0 unspecified atom stereocenters. The number of hydrogen-bond donors (Lipinski definition) is 1. The number of nitriles is 1. The molecule has 0 radical (unpaired) electrons. The Morgan fingerprint density at radius 3 is 2.82 bits per heavy atom. The predicted octanol–water partition coefficient (Wildman–Crippen LogP) is 3.93. The zero-order valence-electron chi connectivity index (χ0n) is 12.3. The second-order valence-electron chi connectivity index (χ2n) is 5.43. The van der Waals surface area contributed by atoms with E-state index in [4.69, 9.17) is 0 Å². The Kier molecular flexibility index (Phi) is 4.50. The summed E-state index contributed by atoms with van der Waals surface area (Å²) in [6.07, 6.45) is 9.87. The van der Waals surface area contributed by atoms with Crippen molar-refractivity contribution in [2.24, 2.45) is 0 Å². The molecular weight excluding hydrogens is 294 g/mol. The van der Waals surface area contributed by atoms with Gasteiger partial charge >= 0.3 is 0 Å². The Bertz CT molecular complexity index is 715. The van der Waals surface area contributed by atoms with E-state index in [1.54, 1.807) is 29.7 Å². The second-order valence-corrected chi connectivity index (χ2v) is 6.53. The van der Waals surface area contributed by atoms with E-state index in [0.717, 1.165) is 31.2 Å². The lowest BCUT2D eigenvalue weighted by Crippen LogP contribution is -2.11. The summed E-state index contributed by atoms with van der Waals surface area (Å²) in [5.74, 6) is -0.209. The van der Waals surface area contributed by atoms with Gasteiger partial charge in [-0.05, 0) is 43.4 Å². The van der Waals surface area contributed by atoms with Crippen LogP contribution in [-0.2, 0) is 12.8 Å². The maximum atomic E-state index is 12.3. The standard InChI is InChI=1S/C17H17N3OS/c18-10-14-13-7-3-1-2-4-8-15(13)22-17(14)20-16(21)12-6-5-9-19-11-12/h5-6,9,11H,1-4,7-8H2,(H,20,21). The number of hydrogen-bond acceptors (Lipinski definition) is 4. The summed E-state index contributed by atoms with van der Waals surface area (Å²) in [6, 6.07) is 5.74. The first-order valence-electron chi connectivity index (χ1n) is 7.55. The first kappa shape index (κ1) is 14.7. The van der Waals surface area contributed by atoms with Gasteiger partial charge in [-0.2, -0.15) is 5.26 Å². The van der Waals surface area contributed by atoms with Crippen molar-refractivity contribution in [3.8, 4) is 6.07 Å². The van der Waals surface area contributed by atoms with Crippen LogP contribution in [0.4, 0.5) is 5.00 Å². The number of aryl methyl sites for hydroxylation is 1. The van der Waals surface area contributed by atoms with Crippen molar-refractivity contribution >= 4 is 22.2 Å². The van der Waals surface area contributed by atoms with Crippen LogP contribution in [0.3, 0.4) is 0 Å². The molecule has 1 amide bonds. The number of fused-ring (bicyclic) bond motifs is 1. The topological polar surface area (TPSA) is 65.8 Å². The van der Waals surface area contributed by atoms with Crippen LogP contribution in [0.15, 0.2) is 24.5 Å². The zero-order chi connectivity index (χ0) is 15.4. The molecule has 1 aliphatic rings. The minimum Gasteiger partial charge on any atom is -0.312 e. The van der Waals surface area contributed by atoms with Gasteiger partial charge in [0.15, 0.2) is 0 Å². The van der Waals surface area contributed by atoms with Crippen LogP contribution >= 0.6 is 11.3 Å². The molecule has 112 valence electrons. The molecule has 0 fully saturated rings. The number of carbonyl (C=O) groups is 1. The molecule has 4 nitrogen and oxygen atoms in total. The predicted molar refractivity (Wildman–Crippen MR) is 87.1 cm³/mol. The van der Waals surface area contributed by atoms with Gasteiger partial charge in [0.25, 0.3) is 5.91 Å². The Morgan fingerprint density at radius 2 is 2.09 bits per heavy atom. The van der Waals surface area contributed by atoms with Crippen molar-refractivity contribution in [2.45, 2.75) is 38.5 Å². The largest absolute Gasteiger partial charge is 0.312 e. The van der Waals surface area contributed by atoms with Gasteiger partial charge in [0, 0.05) is 17.3 Å². The molecule has 2 aromatic heterocycles. The van der Waals surface area contributed by atoms with E-state index in [1.807, 2.05) is 0 Å². The molecule has 2 heterocycles. The molecule has 1 N–H and O–H groups in total. The molecular formula is C17H17N3OS. The van der Waals surface area contributed by atoms with Crippen molar-refractivity contribution in [3.63, 3.8) is 0 Å². The Hall–Kier alpha value is -2.19. The summed E-state index contributed by atoms with van der Waals surface area (Å²) in [6.45, 7) is 0. The van der Waals surface area contributed by atoms with Crippen molar-refractivity contribution < 1.29 is 4.79 Å². The minimum atomic E-state index is -0.209. The van der Waals surface area contributed by atoms with Gasteiger partial charge in [-0.3, -0.25) is 9.78 Å². The molecule has 2 aromatic rings. The summed E-state index contributed by atoms with van der Waals surface area (Å²) in [7, 11) is 0. The van der Waals surface area contributed by atoms with Gasteiger partial charge in [-0.1, -0.05) is 12.8 Å². The number of carbonyl (C=O) groups excluding carboxylic acids is 1. The summed E-state index contributed by atoms with van der Waals surface area (Å²) in [4.78, 5) is 17.5. The number of aromatic nitrogens is 1. The van der Waals surface area contributed by atoms with E-state index in [2.05, 4.69) is 16.4 Å². The fourth-order valence-electron chi connectivity index (χ4n) is 2.80.